The molecule has 0 bridgehead atoms. The Balaban J connectivity index is 2.36. The van der Waals surface area contributed by atoms with Gasteiger partial charge in [-0.2, -0.15) is 4.98 Å². The van der Waals surface area contributed by atoms with Gasteiger partial charge in [0, 0.05) is 11.8 Å². The Bertz CT molecular complexity index is 525. The zero-order valence-corrected chi connectivity index (χ0v) is 12.3. The number of nitrogens with two attached hydrogens (primary N) is 1. The van der Waals surface area contributed by atoms with E-state index in [2.05, 4.69) is 18.8 Å². The van der Waals surface area contributed by atoms with Gasteiger partial charge < -0.3 is 10.5 Å². The van der Waals surface area contributed by atoms with Crippen LogP contribution in [0.5, 0.6) is 0 Å². The summed E-state index contributed by atoms with van der Waals surface area (Å²) in [7, 11) is 0. The molecule has 6 heteroatoms. The molecule has 0 aliphatic carbocycles. The number of anilines is 1. The highest BCUT2D eigenvalue weighted by atomic mass is 35.5. The van der Waals surface area contributed by atoms with E-state index in [0.29, 0.717) is 11.8 Å². The van der Waals surface area contributed by atoms with Gasteiger partial charge in [-0.15, -0.1) is 11.6 Å². The number of halogens is 1. The molecule has 1 aliphatic heterocycles. The molecule has 5 nitrogen and oxygen atoms in total. The van der Waals surface area contributed by atoms with Crippen LogP contribution in [0.1, 0.15) is 38.5 Å². The van der Waals surface area contributed by atoms with Gasteiger partial charge in [0.05, 0.1) is 11.5 Å². The van der Waals surface area contributed by atoms with Crippen molar-refractivity contribution in [1.82, 2.24) is 9.55 Å². The van der Waals surface area contributed by atoms with E-state index in [0.717, 1.165) is 18.4 Å². The smallest absolute Gasteiger partial charge is 0.351 e. The van der Waals surface area contributed by atoms with Crippen molar-refractivity contribution in [1.29, 1.82) is 0 Å². The van der Waals surface area contributed by atoms with Crippen LogP contribution < -0.4 is 11.4 Å². The number of ether oxygens (including phenoxy) is 1. The average molecular weight is 286 g/mol. The molecule has 1 aliphatic rings. The number of nitrogens with zero attached hydrogens (tertiary/aromatic N) is 2. The van der Waals surface area contributed by atoms with Crippen molar-refractivity contribution in [3.8, 4) is 0 Å². The van der Waals surface area contributed by atoms with E-state index >= 15 is 0 Å². The van der Waals surface area contributed by atoms with Gasteiger partial charge in [-0.05, 0) is 25.7 Å². The molecule has 3 atom stereocenters. The van der Waals surface area contributed by atoms with Gasteiger partial charge >= 0.3 is 5.69 Å². The molecule has 0 saturated carbocycles. The van der Waals surface area contributed by atoms with E-state index in [1.807, 2.05) is 6.92 Å². The number of hydrogen-bond acceptors (Lipinski definition) is 4. The van der Waals surface area contributed by atoms with E-state index in [1.165, 1.54) is 4.57 Å². The maximum atomic E-state index is 11.9. The third-order valence-corrected chi connectivity index (χ3v) is 4.59. The summed E-state index contributed by atoms with van der Waals surface area (Å²) >= 11 is 6.06. The van der Waals surface area contributed by atoms with Crippen LogP contribution in [0.2, 0.25) is 0 Å². The molecule has 1 aromatic rings. The Kier molecular flexibility index (Phi) is 3.87. The Morgan fingerprint density at radius 1 is 1.68 bits per heavy atom. The van der Waals surface area contributed by atoms with E-state index in [-0.39, 0.29) is 23.3 Å². The summed E-state index contributed by atoms with van der Waals surface area (Å²) in [5.41, 5.74) is 5.68. The molecule has 0 unspecified atom stereocenters. The van der Waals surface area contributed by atoms with Crippen LogP contribution in [-0.2, 0) is 4.74 Å². The number of aryl methyl sites for hydroxylation is 1. The van der Waals surface area contributed by atoms with Crippen molar-refractivity contribution in [3.63, 3.8) is 0 Å². The van der Waals surface area contributed by atoms with E-state index in [9.17, 15) is 4.79 Å². The highest BCUT2D eigenvalue weighted by Gasteiger charge is 2.45. The molecule has 0 spiro atoms. The maximum Gasteiger partial charge on any atom is 0.351 e. The number of rotatable bonds is 3. The Morgan fingerprint density at radius 3 is 2.89 bits per heavy atom. The van der Waals surface area contributed by atoms with E-state index < -0.39 is 0 Å². The van der Waals surface area contributed by atoms with Crippen LogP contribution in [0.4, 0.5) is 5.82 Å². The highest BCUT2D eigenvalue weighted by Crippen LogP contribution is 2.43. The second-order valence-corrected chi connectivity index (χ2v) is 5.53. The predicted molar refractivity (Wildman–Crippen MR) is 75.3 cm³/mol. The minimum absolute atomic E-state index is 0.270. The first-order chi connectivity index (χ1) is 8.93. The second kappa shape index (κ2) is 5.13. The second-order valence-electron chi connectivity index (χ2n) is 5.26. The molecule has 2 rings (SSSR count). The maximum absolute atomic E-state index is 11.9. The largest absolute Gasteiger partial charge is 0.383 e. The van der Waals surface area contributed by atoms with Crippen LogP contribution in [0.25, 0.3) is 0 Å². The Hall–Kier alpha value is -1.07. The van der Waals surface area contributed by atoms with Crippen molar-refractivity contribution < 1.29 is 4.74 Å². The van der Waals surface area contributed by atoms with Gasteiger partial charge in [-0.1, -0.05) is 13.8 Å². The van der Waals surface area contributed by atoms with Crippen molar-refractivity contribution in [3.05, 3.63) is 22.2 Å². The SMILES string of the molecule is CC[C@@]1(CCl)O[C@@H](n2cc(C)c(N)nc2=O)C[C@@H]1C. The molecule has 1 fully saturated rings. The lowest BCUT2D eigenvalue weighted by Gasteiger charge is -2.29. The summed E-state index contributed by atoms with van der Waals surface area (Å²) in [6.45, 7) is 5.98. The van der Waals surface area contributed by atoms with Gasteiger partial charge in [0.1, 0.15) is 12.0 Å². The summed E-state index contributed by atoms with van der Waals surface area (Å²) in [4.78, 5) is 15.7. The van der Waals surface area contributed by atoms with Crippen LogP contribution in [0.3, 0.4) is 0 Å². The van der Waals surface area contributed by atoms with E-state index in [1.54, 1.807) is 6.20 Å². The molecular weight excluding hydrogens is 266 g/mol. The quantitative estimate of drug-likeness (QED) is 0.863. The van der Waals surface area contributed by atoms with Crippen molar-refractivity contribution >= 4 is 17.4 Å². The highest BCUT2D eigenvalue weighted by molar-refractivity contribution is 6.18. The van der Waals surface area contributed by atoms with Gasteiger partial charge in [0.15, 0.2) is 0 Å². The first-order valence-electron chi connectivity index (χ1n) is 6.52. The summed E-state index contributed by atoms with van der Waals surface area (Å²) in [6, 6.07) is 0. The normalized spacial score (nSPS) is 30.7. The van der Waals surface area contributed by atoms with Crippen molar-refractivity contribution in [2.45, 2.75) is 45.4 Å². The summed E-state index contributed by atoms with van der Waals surface area (Å²) in [6.07, 6.45) is 2.98. The monoisotopic (exact) mass is 285 g/mol. The molecule has 106 valence electrons. The third kappa shape index (κ3) is 2.37. The number of nitrogen functional groups attached to an aromatic ring is 1. The van der Waals surface area contributed by atoms with Gasteiger partial charge in [0.25, 0.3) is 0 Å². The fourth-order valence-corrected chi connectivity index (χ4v) is 3.11. The van der Waals surface area contributed by atoms with Gasteiger partial charge in [-0.3, -0.25) is 4.57 Å². The first kappa shape index (κ1) is 14.3. The molecule has 0 aromatic carbocycles. The average Bonchev–Trinajstić information content (AvgIpc) is 2.71. The van der Waals surface area contributed by atoms with Crippen LogP contribution in [-0.4, -0.2) is 21.0 Å². The first-order valence-corrected chi connectivity index (χ1v) is 7.06. The molecular formula is C13H20ClN3O2. The minimum Gasteiger partial charge on any atom is -0.383 e. The minimum atomic E-state index is -0.373. The number of alkyl halides is 1. The predicted octanol–water partition coefficient (Wildman–Crippen LogP) is 2.08. The van der Waals surface area contributed by atoms with Crippen LogP contribution in [0.15, 0.2) is 11.0 Å². The summed E-state index contributed by atoms with van der Waals surface area (Å²) < 4.78 is 7.59. The Morgan fingerprint density at radius 2 is 2.37 bits per heavy atom. The molecule has 0 amide bonds. The number of aromatic nitrogens is 2. The van der Waals surface area contributed by atoms with Gasteiger partial charge in [-0.25, -0.2) is 4.79 Å². The fourth-order valence-electron chi connectivity index (χ4n) is 2.60. The van der Waals surface area contributed by atoms with Crippen molar-refractivity contribution in [2.24, 2.45) is 5.92 Å². The van der Waals surface area contributed by atoms with Crippen molar-refractivity contribution in [2.75, 3.05) is 11.6 Å². The lowest BCUT2D eigenvalue weighted by Crippen LogP contribution is -2.36. The van der Waals surface area contributed by atoms with Crippen LogP contribution in [0, 0.1) is 12.8 Å². The molecule has 19 heavy (non-hydrogen) atoms. The lowest BCUT2D eigenvalue weighted by molar-refractivity contribution is -0.0726. The molecule has 0 radical (unpaired) electrons. The van der Waals surface area contributed by atoms with E-state index in [4.69, 9.17) is 22.1 Å². The topological polar surface area (TPSA) is 70.1 Å². The lowest BCUT2D eigenvalue weighted by atomic mass is 9.88. The van der Waals surface area contributed by atoms with Gasteiger partial charge in [0.2, 0.25) is 0 Å². The standard InChI is InChI=1S/C13H20ClN3O2/c1-4-13(7-14)9(3)5-10(19-13)17-6-8(2)11(15)16-12(17)18/h6,9-10H,4-5,7H2,1-3H3,(H2,15,16,18)/t9-,10+,13-/m0/s1. The number of hydrogen-bond donors (Lipinski definition) is 1. The summed E-state index contributed by atoms with van der Waals surface area (Å²) in [5, 5.41) is 0. The zero-order chi connectivity index (χ0) is 14.2. The molecule has 2 heterocycles. The molecule has 1 saturated heterocycles. The zero-order valence-electron chi connectivity index (χ0n) is 11.5. The van der Waals surface area contributed by atoms with Crippen LogP contribution >= 0.6 is 11.6 Å². The molecule has 1 aromatic heterocycles. The third-order valence-electron chi connectivity index (χ3n) is 4.13. The molecule has 2 N–H and O–H groups in total. The summed E-state index contributed by atoms with van der Waals surface area (Å²) in [5.74, 6) is 0.994. The fraction of sp³-hybridized carbons (Fsp3) is 0.692. The Labute approximate surface area is 117 Å².